The van der Waals surface area contributed by atoms with E-state index in [1.165, 1.54) is 38.5 Å². The van der Waals surface area contributed by atoms with Gasteiger partial charge in [0.15, 0.2) is 6.10 Å². The van der Waals surface area contributed by atoms with Crippen LogP contribution < -0.4 is 0 Å². The van der Waals surface area contributed by atoms with E-state index in [1.54, 1.807) is 0 Å². The first kappa shape index (κ1) is 48.4. The van der Waals surface area contributed by atoms with Crippen molar-refractivity contribution in [1.29, 1.82) is 0 Å². The van der Waals surface area contributed by atoms with E-state index in [9.17, 15) is 14.4 Å². The van der Waals surface area contributed by atoms with Crippen LogP contribution in [0.1, 0.15) is 201 Å². The highest BCUT2D eigenvalue weighted by molar-refractivity contribution is 5.71. The molecular formula is C45H78O6. The summed E-state index contributed by atoms with van der Waals surface area (Å²) in [6.07, 6.45) is 45.2. The van der Waals surface area contributed by atoms with E-state index < -0.39 is 6.10 Å². The molecule has 0 radical (unpaired) electrons. The molecule has 0 aromatic carbocycles. The summed E-state index contributed by atoms with van der Waals surface area (Å²) in [4.78, 5) is 37.5. The molecule has 0 saturated carbocycles. The van der Waals surface area contributed by atoms with Crippen molar-refractivity contribution >= 4 is 17.9 Å². The average molecular weight is 715 g/mol. The lowest BCUT2D eigenvalue weighted by Crippen LogP contribution is -2.30. The van der Waals surface area contributed by atoms with Gasteiger partial charge in [-0.1, -0.05) is 146 Å². The molecule has 294 valence electrons. The molecule has 0 rings (SSSR count). The minimum absolute atomic E-state index is 0.0878. The predicted octanol–water partition coefficient (Wildman–Crippen LogP) is 13.2. The molecule has 0 saturated heterocycles. The number of hydrogen-bond acceptors (Lipinski definition) is 6. The Kier molecular flexibility index (Phi) is 38.1. The van der Waals surface area contributed by atoms with E-state index in [-0.39, 0.29) is 31.1 Å². The molecule has 0 fully saturated rings. The third-order valence-corrected chi connectivity index (χ3v) is 8.79. The number of rotatable bonds is 37. The van der Waals surface area contributed by atoms with Crippen molar-refractivity contribution in [2.24, 2.45) is 0 Å². The topological polar surface area (TPSA) is 78.9 Å². The number of allylic oxidation sites excluding steroid dienone is 8. The Morgan fingerprint density at radius 2 is 0.765 bits per heavy atom. The zero-order valence-corrected chi connectivity index (χ0v) is 33.4. The molecule has 0 aromatic heterocycles. The summed E-state index contributed by atoms with van der Waals surface area (Å²) in [6.45, 7) is 6.39. The number of unbranched alkanes of at least 4 members (excludes halogenated alkanes) is 18. The fourth-order valence-electron chi connectivity index (χ4n) is 5.56. The van der Waals surface area contributed by atoms with Gasteiger partial charge in [-0.15, -0.1) is 0 Å². The summed E-state index contributed by atoms with van der Waals surface area (Å²) in [6, 6.07) is 0. The molecule has 6 nitrogen and oxygen atoms in total. The van der Waals surface area contributed by atoms with Gasteiger partial charge in [-0.3, -0.25) is 14.4 Å². The summed E-state index contributed by atoms with van der Waals surface area (Å²) in [5, 5.41) is 0. The smallest absolute Gasteiger partial charge is 0.306 e. The lowest BCUT2D eigenvalue weighted by atomic mass is 10.1. The Labute approximate surface area is 314 Å². The second-order valence-electron chi connectivity index (χ2n) is 13.9. The molecule has 0 amide bonds. The van der Waals surface area contributed by atoms with Crippen LogP contribution in [0, 0.1) is 0 Å². The van der Waals surface area contributed by atoms with Gasteiger partial charge in [0.05, 0.1) is 0 Å². The highest BCUT2D eigenvalue weighted by Crippen LogP contribution is 2.13. The van der Waals surface area contributed by atoms with Crippen LogP contribution in [0.4, 0.5) is 0 Å². The van der Waals surface area contributed by atoms with Gasteiger partial charge in [-0.25, -0.2) is 0 Å². The van der Waals surface area contributed by atoms with Gasteiger partial charge in [0.1, 0.15) is 13.2 Å². The summed E-state index contributed by atoms with van der Waals surface area (Å²) in [7, 11) is 0. The first-order chi connectivity index (χ1) is 25.0. The molecular weight excluding hydrogens is 636 g/mol. The van der Waals surface area contributed by atoms with E-state index in [1.807, 2.05) is 0 Å². The van der Waals surface area contributed by atoms with Crippen molar-refractivity contribution in [2.75, 3.05) is 13.2 Å². The van der Waals surface area contributed by atoms with Crippen molar-refractivity contribution < 1.29 is 28.6 Å². The van der Waals surface area contributed by atoms with Gasteiger partial charge < -0.3 is 14.2 Å². The van der Waals surface area contributed by atoms with Crippen LogP contribution in [0.3, 0.4) is 0 Å². The third kappa shape index (κ3) is 38.4. The molecule has 0 aromatic rings. The second kappa shape index (κ2) is 40.1. The molecule has 0 N–H and O–H groups in total. The van der Waals surface area contributed by atoms with E-state index in [4.69, 9.17) is 14.2 Å². The van der Waals surface area contributed by atoms with Crippen molar-refractivity contribution in [3.8, 4) is 0 Å². The molecule has 6 heteroatoms. The first-order valence-electron chi connectivity index (χ1n) is 21.1. The molecule has 1 unspecified atom stereocenters. The predicted molar refractivity (Wildman–Crippen MR) is 215 cm³/mol. The zero-order chi connectivity index (χ0) is 37.3. The Balaban J connectivity index is 4.42. The van der Waals surface area contributed by atoms with Crippen LogP contribution in [0.15, 0.2) is 48.6 Å². The third-order valence-electron chi connectivity index (χ3n) is 8.79. The lowest BCUT2D eigenvalue weighted by molar-refractivity contribution is -0.167. The Morgan fingerprint density at radius 1 is 0.412 bits per heavy atom. The van der Waals surface area contributed by atoms with Gasteiger partial charge in [0.25, 0.3) is 0 Å². The minimum Gasteiger partial charge on any atom is -0.462 e. The molecule has 0 bridgehead atoms. The molecule has 0 heterocycles. The quantitative estimate of drug-likeness (QED) is 0.0276. The number of carbonyl (C=O) groups excluding carboxylic acids is 3. The summed E-state index contributed by atoms with van der Waals surface area (Å²) in [5.41, 5.74) is 0. The average Bonchev–Trinajstić information content (AvgIpc) is 3.12. The largest absolute Gasteiger partial charge is 0.462 e. The van der Waals surface area contributed by atoms with Crippen LogP contribution in [0.25, 0.3) is 0 Å². The highest BCUT2D eigenvalue weighted by Gasteiger charge is 2.19. The van der Waals surface area contributed by atoms with Gasteiger partial charge in [0, 0.05) is 19.3 Å². The molecule has 1 atom stereocenters. The maximum Gasteiger partial charge on any atom is 0.306 e. The zero-order valence-electron chi connectivity index (χ0n) is 33.4. The fourth-order valence-corrected chi connectivity index (χ4v) is 5.56. The summed E-state index contributed by atoms with van der Waals surface area (Å²) in [5.74, 6) is -0.932. The van der Waals surface area contributed by atoms with Crippen LogP contribution in [0.5, 0.6) is 0 Å². The molecule has 51 heavy (non-hydrogen) atoms. The first-order valence-corrected chi connectivity index (χ1v) is 21.1. The molecule has 0 spiro atoms. The minimum atomic E-state index is -0.782. The number of esters is 3. The van der Waals surface area contributed by atoms with Gasteiger partial charge in [0.2, 0.25) is 0 Å². The van der Waals surface area contributed by atoms with Gasteiger partial charge >= 0.3 is 17.9 Å². The van der Waals surface area contributed by atoms with Gasteiger partial charge in [-0.2, -0.15) is 0 Å². The Hall–Kier alpha value is -2.63. The SMILES string of the molecule is CC/C=C\C/C=C\CCCCCCCC(=O)OCC(COC(=O)CCCCCC/C=C\CCCC)OC(=O)CCCCCCC/C=C\CCCC. The Morgan fingerprint density at radius 3 is 1.20 bits per heavy atom. The normalized spacial score (nSPS) is 12.5. The van der Waals surface area contributed by atoms with Crippen molar-refractivity contribution in [1.82, 2.24) is 0 Å². The van der Waals surface area contributed by atoms with Crippen molar-refractivity contribution in [2.45, 2.75) is 207 Å². The fraction of sp³-hybridized carbons (Fsp3) is 0.756. The van der Waals surface area contributed by atoms with Crippen LogP contribution in [-0.4, -0.2) is 37.2 Å². The van der Waals surface area contributed by atoms with Crippen LogP contribution in [0.2, 0.25) is 0 Å². The highest BCUT2D eigenvalue weighted by atomic mass is 16.6. The van der Waals surface area contributed by atoms with Crippen LogP contribution in [-0.2, 0) is 28.6 Å². The van der Waals surface area contributed by atoms with Crippen molar-refractivity contribution in [3.63, 3.8) is 0 Å². The standard InChI is InChI=1S/C45H78O6/c1-4-7-10-13-16-19-22-24-26-29-32-35-38-44(47)50-41-42(40-49-43(46)37-34-31-28-25-21-18-15-12-9-6-3)51-45(48)39-36-33-30-27-23-20-17-14-11-8-5-2/h7,10,14-19,42H,4-6,8-9,11-13,20-41H2,1-3H3/b10-7-,17-14-,18-15-,19-16-. The molecule has 0 aliphatic carbocycles. The Bertz CT molecular complexity index is 918. The number of hydrogen-bond donors (Lipinski definition) is 0. The van der Waals surface area contributed by atoms with Crippen LogP contribution >= 0.6 is 0 Å². The maximum atomic E-state index is 12.6. The number of ether oxygens (including phenoxy) is 3. The lowest BCUT2D eigenvalue weighted by Gasteiger charge is -2.18. The summed E-state index contributed by atoms with van der Waals surface area (Å²) < 4.78 is 16.6. The number of carbonyl (C=O) groups is 3. The monoisotopic (exact) mass is 715 g/mol. The van der Waals surface area contributed by atoms with Crippen molar-refractivity contribution in [3.05, 3.63) is 48.6 Å². The molecule has 0 aliphatic heterocycles. The van der Waals surface area contributed by atoms with E-state index in [0.717, 1.165) is 122 Å². The van der Waals surface area contributed by atoms with Gasteiger partial charge in [-0.05, 0) is 83.5 Å². The summed E-state index contributed by atoms with van der Waals surface area (Å²) >= 11 is 0. The molecule has 0 aliphatic rings. The van der Waals surface area contributed by atoms with E-state index >= 15 is 0 Å². The maximum absolute atomic E-state index is 12.6. The van der Waals surface area contributed by atoms with E-state index in [0.29, 0.717) is 19.3 Å². The van der Waals surface area contributed by atoms with E-state index in [2.05, 4.69) is 69.4 Å². The second-order valence-corrected chi connectivity index (χ2v) is 13.9.